The van der Waals surface area contributed by atoms with Gasteiger partial charge in [-0.15, -0.1) is 11.3 Å². The van der Waals surface area contributed by atoms with Gasteiger partial charge in [-0.1, -0.05) is 17.7 Å². The fourth-order valence-electron chi connectivity index (χ4n) is 7.89. The van der Waals surface area contributed by atoms with Crippen molar-refractivity contribution in [2.45, 2.75) is 56.4 Å². The van der Waals surface area contributed by atoms with E-state index < -0.39 is 23.3 Å². The van der Waals surface area contributed by atoms with Gasteiger partial charge in [0.2, 0.25) is 0 Å². The van der Waals surface area contributed by atoms with Crippen molar-refractivity contribution in [1.82, 2.24) is 20.2 Å². The van der Waals surface area contributed by atoms with E-state index in [-0.39, 0.29) is 79.4 Å². The Labute approximate surface area is 272 Å². The highest BCUT2D eigenvalue weighted by atomic mass is 35.5. The topological polar surface area (TPSA) is 113 Å². The normalized spacial score (nSPS) is 26.0. The van der Waals surface area contributed by atoms with Gasteiger partial charge < -0.3 is 25.4 Å². The zero-order chi connectivity index (χ0) is 31.9. The van der Waals surface area contributed by atoms with Gasteiger partial charge in [0.1, 0.15) is 47.6 Å². The van der Waals surface area contributed by atoms with Crippen molar-refractivity contribution in [3.63, 3.8) is 0 Å². The summed E-state index contributed by atoms with van der Waals surface area (Å²) in [6, 6.07) is 4.93. The van der Waals surface area contributed by atoms with Crippen molar-refractivity contribution in [1.29, 1.82) is 5.26 Å². The molecule has 4 aromatic rings. The molecule has 4 atom stereocenters. The molecule has 0 spiro atoms. The molecule has 4 aliphatic rings. The van der Waals surface area contributed by atoms with Crippen molar-refractivity contribution in [2.24, 2.45) is 0 Å². The molecule has 3 saturated heterocycles. The molecule has 46 heavy (non-hydrogen) atoms. The van der Waals surface area contributed by atoms with Gasteiger partial charge in [-0.25, -0.2) is 13.2 Å². The summed E-state index contributed by atoms with van der Waals surface area (Å²) in [6.07, 6.45) is 2.01. The molecule has 2 aromatic carbocycles. The molecule has 8 rings (SSSR count). The number of nitrogens with one attached hydrogen (secondary N) is 1. The number of rotatable bonds is 5. The predicted octanol–water partition coefficient (Wildman–Crippen LogP) is 5.80. The first-order chi connectivity index (χ1) is 22.2. The number of ether oxygens (including phenoxy) is 2. The number of fused-ring (bicyclic) bond motifs is 2. The Morgan fingerprint density at radius 1 is 1.28 bits per heavy atom. The molecule has 0 saturated carbocycles. The number of alkyl halides is 1. The maximum atomic E-state index is 17.1. The second-order valence-corrected chi connectivity index (χ2v) is 14.2. The number of hydrogen-bond acceptors (Lipinski definition) is 10. The molecule has 6 heterocycles. The molecule has 9 nitrogen and oxygen atoms in total. The Balaban J connectivity index is 1.34. The Hall–Kier alpha value is -3.57. The zero-order valence-electron chi connectivity index (χ0n) is 25.0. The number of thiophene rings is 1. The van der Waals surface area contributed by atoms with Crippen molar-refractivity contribution in [3.05, 3.63) is 34.4 Å². The Morgan fingerprint density at radius 3 is 2.91 bits per heavy atom. The Kier molecular flexibility index (Phi) is 7.13. The van der Waals surface area contributed by atoms with Crippen molar-refractivity contribution >= 4 is 54.7 Å². The van der Waals surface area contributed by atoms with Crippen LogP contribution in [0.3, 0.4) is 0 Å². The first kappa shape index (κ1) is 29.8. The molecule has 3 fully saturated rings. The van der Waals surface area contributed by atoms with Crippen molar-refractivity contribution < 1.29 is 22.6 Å². The third-order valence-corrected chi connectivity index (χ3v) is 11.4. The van der Waals surface area contributed by atoms with Gasteiger partial charge in [0, 0.05) is 42.5 Å². The lowest BCUT2D eigenvalue weighted by Gasteiger charge is -2.31. The Bertz CT molecular complexity index is 1950. The van der Waals surface area contributed by atoms with E-state index in [9.17, 15) is 14.0 Å². The number of nitrogens with two attached hydrogens (primary N) is 1. The maximum Gasteiger partial charge on any atom is 0.319 e. The lowest BCUT2D eigenvalue weighted by Crippen LogP contribution is -2.43. The maximum absolute atomic E-state index is 17.1. The van der Waals surface area contributed by atoms with E-state index in [4.69, 9.17) is 31.8 Å². The summed E-state index contributed by atoms with van der Waals surface area (Å²) >= 11 is 7.93. The monoisotopic (exact) mass is 669 g/mol. The molecular weight excluding hydrogens is 639 g/mol. The number of aromatic nitrogens is 2. The summed E-state index contributed by atoms with van der Waals surface area (Å²) in [7, 11) is 0. The van der Waals surface area contributed by atoms with Gasteiger partial charge in [-0.2, -0.15) is 15.2 Å². The van der Waals surface area contributed by atoms with Crippen LogP contribution >= 0.6 is 22.9 Å². The van der Waals surface area contributed by atoms with Gasteiger partial charge in [0.15, 0.2) is 11.6 Å². The van der Waals surface area contributed by atoms with E-state index in [1.165, 1.54) is 12.1 Å². The number of nitriles is 1. The molecule has 2 aromatic heterocycles. The van der Waals surface area contributed by atoms with Gasteiger partial charge in [0.05, 0.1) is 32.8 Å². The van der Waals surface area contributed by atoms with E-state index in [1.807, 2.05) is 6.07 Å². The molecule has 14 heteroatoms. The molecule has 0 bridgehead atoms. The smallest absolute Gasteiger partial charge is 0.319 e. The zero-order valence-corrected chi connectivity index (χ0v) is 26.6. The van der Waals surface area contributed by atoms with Crippen LogP contribution in [0.2, 0.25) is 5.02 Å². The third-order valence-electron chi connectivity index (χ3n) is 9.99. The van der Waals surface area contributed by atoms with Crippen LogP contribution in [0, 0.1) is 23.0 Å². The lowest BCUT2D eigenvalue weighted by molar-refractivity contribution is 0.107. The molecular formula is C32H31ClF3N7O2S. The molecule has 0 aliphatic carbocycles. The molecule has 4 aliphatic heterocycles. The number of halogens is 4. The van der Waals surface area contributed by atoms with Gasteiger partial charge in [0.25, 0.3) is 0 Å². The SMILES string of the molecule is C[C@@H]1C[C@@H](N2CCOc3c(Cl)c(-c4ccc(F)c5sc(N)c(C#N)c45)c(F)c4nc(OC[C@@]56CCCN5C[C@H](F)C6)nc2c34)CN1. The highest BCUT2D eigenvalue weighted by molar-refractivity contribution is 7.23. The highest BCUT2D eigenvalue weighted by Crippen LogP contribution is 2.51. The van der Waals surface area contributed by atoms with Crippen LogP contribution in [0.1, 0.15) is 38.2 Å². The van der Waals surface area contributed by atoms with E-state index >= 15 is 4.39 Å². The summed E-state index contributed by atoms with van der Waals surface area (Å²) in [5, 5.41) is 13.9. The summed E-state index contributed by atoms with van der Waals surface area (Å²) in [5.74, 6) is -0.723. The average Bonchev–Trinajstić information content (AvgIpc) is 3.76. The lowest BCUT2D eigenvalue weighted by atomic mass is 9.95. The third kappa shape index (κ3) is 4.48. The Morgan fingerprint density at radius 2 is 2.13 bits per heavy atom. The fourth-order valence-corrected chi connectivity index (χ4v) is 9.18. The number of nitrogens with zero attached hydrogens (tertiary/aromatic N) is 5. The summed E-state index contributed by atoms with van der Waals surface area (Å²) in [5.41, 5.74) is 5.72. The van der Waals surface area contributed by atoms with E-state index in [2.05, 4.69) is 27.0 Å². The van der Waals surface area contributed by atoms with Crippen molar-refractivity contribution in [2.75, 3.05) is 50.0 Å². The minimum absolute atomic E-state index is 0.0307. The van der Waals surface area contributed by atoms with Crippen LogP contribution in [0.15, 0.2) is 12.1 Å². The fraction of sp³-hybridized carbons (Fsp3) is 0.469. The van der Waals surface area contributed by atoms with Crippen LogP contribution in [-0.2, 0) is 0 Å². The second-order valence-electron chi connectivity index (χ2n) is 12.7. The average molecular weight is 670 g/mol. The molecule has 240 valence electrons. The minimum Gasteiger partial charge on any atom is -0.489 e. The summed E-state index contributed by atoms with van der Waals surface area (Å²) in [6.45, 7) is 4.84. The van der Waals surface area contributed by atoms with Crippen LogP contribution in [0.25, 0.3) is 32.1 Å². The standard InChI is InChI=1S/C32H31ClF3N7O2S/c1-15-9-17(12-39-15)43-7-8-44-27-23-26(40-31(41-30(23)43)45-14-32-5-2-6-42(32)13-16(34)10-32)25(36)22(24(27)33)18-3-4-20(35)28-21(18)19(11-37)29(38)46-28/h3-4,15-17,39H,2,5-10,12-14,38H2,1H3/t15-,16-,17-,32+/m1/s1. The van der Waals surface area contributed by atoms with Crippen LogP contribution in [-0.4, -0.2) is 78.1 Å². The number of hydrogen-bond donors (Lipinski definition) is 2. The summed E-state index contributed by atoms with van der Waals surface area (Å²) < 4.78 is 59.2. The van der Waals surface area contributed by atoms with E-state index in [1.54, 1.807) is 0 Å². The van der Waals surface area contributed by atoms with Gasteiger partial charge in [-0.05, 0) is 44.4 Å². The molecule has 0 unspecified atom stereocenters. The van der Waals surface area contributed by atoms with E-state index in [0.717, 1.165) is 37.1 Å². The quantitative estimate of drug-likeness (QED) is 0.272. The minimum atomic E-state index is -0.933. The number of anilines is 2. The van der Waals surface area contributed by atoms with Crippen LogP contribution < -0.4 is 25.4 Å². The van der Waals surface area contributed by atoms with Crippen molar-refractivity contribution in [3.8, 4) is 29.0 Å². The molecule has 3 N–H and O–H groups in total. The molecule has 0 radical (unpaired) electrons. The number of nitrogen functional groups attached to an aromatic ring is 1. The first-order valence-corrected chi connectivity index (χ1v) is 16.7. The van der Waals surface area contributed by atoms with Crippen LogP contribution in [0.4, 0.5) is 24.0 Å². The van der Waals surface area contributed by atoms with Gasteiger partial charge in [-0.3, -0.25) is 4.90 Å². The van der Waals surface area contributed by atoms with Gasteiger partial charge >= 0.3 is 6.01 Å². The number of benzene rings is 2. The van der Waals surface area contributed by atoms with Crippen LogP contribution in [0.5, 0.6) is 11.8 Å². The largest absolute Gasteiger partial charge is 0.489 e. The second kappa shape index (κ2) is 11.0. The summed E-state index contributed by atoms with van der Waals surface area (Å²) in [4.78, 5) is 13.7. The van der Waals surface area contributed by atoms with E-state index in [0.29, 0.717) is 37.3 Å². The highest BCUT2D eigenvalue weighted by Gasteiger charge is 2.49. The predicted molar refractivity (Wildman–Crippen MR) is 172 cm³/mol. The first-order valence-electron chi connectivity index (χ1n) is 15.5. The molecule has 0 amide bonds.